The number of nitrogens with zero attached hydrogens (tertiary/aromatic N) is 2. The summed E-state index contributed by atoms with van der Waals surface area (Å²) in [6.07, 6.45) is 1.04. The Balaban J connectivity index is 2.26. The molecule has 2 rings (SSSR count). The number of rotatable bonds is 5. The molecule has 6 nitrogen and oxygen atoms in total. The van der Waals surface area contributed by atoms with Crippen LogP contribution in [0.25, 0.3) is 0 Å². The van der Waals surface area contributed by atoms with Crippen LogP contribution < -0.4 is 10.5 Å². The van der Waals surface area contributed by atoms with Gasteiger partial charge in [-0.3, -0.25) is 10.1 Å². The molecule has 0 fully saturated rings. The number of nitrogens with two attached hydrogens (primary N) is 1. The molecule has 1 unspecified atom stereocenters. The van der Waals surface area contributed by atoms with Crippen molar-refractivity contribution in [2.75, 3.05) is 5.73 Å². The average molecular weight is 287 g/mol. The first kappa shape index (κ1) is 14.8. The minimum absolute atomic E-state index is 0.101. The summed E-state index contributed by atoms with van der Waals surface area (Å²) in [5.41, 5.74) is 6.53. The van der Waals surface area contributed by atoms with Crippen LogP contribution in [0.1, 0.15) is 31.7 Å². The van der Waals surface area contributed by atoms with Gasteiger partial charge in [-0.2, -0.15) is 4.98 Å². The van der Waals surface area contributed by atoms with E-state index in [1.165, 1.54) is 17.7 Å². The Labute approximate surface area is 122 Å². The van der Waals surface area contributed by atoms with Crippen LogP contribution in [-0.4, -0.2) is 9.91 Å². The lowest BCUT2D eigenvalue weighted by molar-refractivity contribution is -0.386. The molecule has 2 N–H and O–H groups in total. The van der Waals surface area contributed by atoms with Crippen molar-refractivity contribution in [1.29, 1.82) is 0 Å². The number of aromatic nitrogens is 1. The Kier molecular flexibility index (Phi) is 4.37. The topological polar surface area (TPSA) is 91.3 Å². The predicted octanol–water partition coefficient (Wildman–Crippen LogP) is 3.88. The lowest BCUT2D eigenvalue weighted by atomic mass is 9.99. The van der Waals surface area contributed by atoms with E-state index in [0.29, 0.717) is 11.7 Å². The summed E-state index contributed by atoms with van der Waals surface area (Å²) in [6, 6.07) is 10.1. The molecule has 2 aromatic rings. The van der Waals surface area contributed by atoms with Crippen LogP contribution in [0.2, 0.25) is 0 Å². The SMILES string of the molecule is CCC(C)c1ccc(Oc2nc(N)ccc2[N+](=O)[O-])cc1. The molecular weight excluding hydrogens is 270 g/mol. The van der Waals surface area contributed by atoms with Gasteiger partial charge in [0.25, 0.3) is 0 Å². The van der Waals surface area contributed by atoms with Crippen molar-refractivity contribution in [1.82, 2.24) is 4.98 Å². The van der Waals surface area contributed by atoms with Gasteiger partial charge in [0.1, 0.15) is 11.6 Å². The summed E-state index contributed by atoms with van der Waals surface area (Å²) >= 11 is 0. The standard InChI is InChI=1S/C15H17N3O3/c1-3-10(2)11-4-6-12(7-5-11)21-15-13(18(19)20)8-9-14(16)17-15/h4-10H,3H2,1-2H3,(H2,16,17). The molecule has 0 aliphatic rings. The van der Waals surface area contributed by atoms with Crippen LogP contribution in [-0.2, 0) is 0 Å². The summed E-state index contributed by atoms with van der Waals surface area (Å²) < 4.78 is 5.49. The molecule has 6 heteroatoms. The molecule has 0 aliphatic heterocycles. The molecule has 0 saturated heterocycles. The summed E-state index contributed by atoms with van der Waals surface area (Å²) in [4.78, 5) is 14.3. The number of nitrogen functional groups attached to an aromatic ring is 1. The van der Waals surface area contributed by atoms with Gasteiger partial charge >= 0.3 is 11.6 Å². The maximum atomic E-state index is 11.0. The Morgan fingerprint density at radius 2 is 1.95 bits per heavy atom. The first-order valence-corrected chi connectivity index (χ1v) is 6.70. The second kappa shape index (κ2) is 6.21. The van der Waals surface area contributed by atoms with Crippen molar-refractivity contribution >= 4 is 11.5 Å². The van der Waals surface area contributed by atoms with E-state index in [4.69, 9.17) is 10.5 Å². The number of hydrogen-bond donors (Lipinski definition) is 1. The van der Waals surface area contributed by atoms with Gasteiger partial charge in [-0.25, -0.2) is 0 Å². The highest BCUT2D eigenvalue weighted by molar-refractivity contribution is 5.48. The van der Waals surface area contributed by atoms with Crippen molar-refractivity contribution in [3.8, 4) is 11.6 Å². The molecule has 0 bridgehead atoms. The largest absolute Gasteiger partial charge is 0.434 e. The highest BCUT2D eigenvalue weighted by Crippen LogP contribution is 2.31. The zero-order chi connectivity index (χ0) is 15.4. The minimum atomic E-state index is -0.546. The fourth-order valence-electron chi connectivity index (χ4n) is 1.87. The maximum Gasteiger partial charge on any atom is 0.331 e. The van der Waals surface area contributed by atoms with E-state index in [0.717, 1.165) is 6.42 Å². The Morgan fingerprint density at radius 1 is 1.29 bits per heavy atom. The second-order valence-corrected chi connectivity index (χ2v) is 4.80. The first-order valence-electron chi connectivity index (χ1n) is 6.70. The summed E-state index contributed by atoms with van der Waals surface area (Å²) in [5.74, 6) is 1.02. The molecule has 1 aromatic carbocycles. The molecule has 0 saturated carbocycles. The molecule has 1 heterocycles. The number of nitro groups is 1. The summed E-state index contributed by atoms with van der Waals surface area (Å²) in [6.45, 7) is 4.26. The maximum absolute atomic E-state index is 11.0. The van der Waals surface area contributed by atoms with Crippen molar-refractivity contribution in [3.63, 3.8) is 0 Å². The minimum Gasteiger partial charge on any atom is -0.434 e. The number of hydrogen-bond acceptors (Lipinski definition) is 5. The first-order chi connectivity index (χ1) is 10.0. The highest BCUT2D eigenvalue weighted by atomic mass is 16.6. The van der Waals surface area contributed by atoms with Gasteiger partial charge in [-0.1, -0.05) is 26.0 Å². The van der Waals surface area contributed by atoms with Crippen molar-refractivity contribution in [2.24, 2.45) is 0 Å². The van der Waals surface area contributed by atoms with Gasteiger partial charge in [-0.05, 0) is 36.1 Å². The molecule has 0 spiro atoms. The lowest BCUT2D eigenvalue weighted by Gasteiger charge is -2.10. The molecule has 0 amide bonds. The van der Waals surface area contributed by atoms with Crippen molar-refractivity contribution in [3.05, 3.63) is 52.1 Å². The number of benzene rings is 1. The number of pyridine rings is 1. The van der Waals surface area contributed by atoms with Gasteiger partial charge in [0.15, 0.2) is 0 Å². The van der Waals surface area contributed by atoms with Gasteiger partial charge in [-0.15, -0.1) is 0 Å². The number of anilines is 1. The predicted molar refractivity (Wildman–Crippen MR) is 80.5 cm³/mol. The molecule has 1 atom stereocenters. The summed E-state index contributed by atoms with van der Waals surface area (Å²) in [5, 5.41) is 11.0. The van der Waals surface area contributed by atoms with E-state index >= 15 is 0 Å². The lowest BCUT2D eigenvalue weighted by Crippen LogP contribution is -1.99. The quantitative estimate of drug-likeness (QED) is 0.665. The summed E-state index contributed by atoms with van der Waals surface area (Å²) in [7, 11) is 0. The van der Waals surface area contributed by atoms with E-state index in [1.807, 2.05) is 12.1 Å². The zero-order valence-electron chi connectivity index (χ0n) is 11.9. The molecular formula is C15H17N3O3. The molecule has 21 heavy (non-hydrogen) atoms. The Hall–Kier alpha value is -2.63. The fraction of sp³-hybridized carbons (Fsp3) is 0.267. The highest BCUT2D eigenvalue weighted by Gasteiger charge is 2.18. The van der Waals surface area contributed by atoms with Crippen LogP contribution in [0.3, 0.4) is 0 Å². The monoisotopic (exact) mass is 287 g/mol. The van der Waals surface area contributed by atoms with Gasteiger partial charge in [0, 0.05) is 6.07 Å². The van der Waals surface area contributed by atoms with Crippen LogP contribution in [0.4, 0.5) is 11.5 Å². The second-order valence-electron chi connectivity index (χ2n) is 4.80. The Bertz CT molecular complexity index is 641. The van der Waals surface area contributed by atoms with Crippen LogP contribution >= 0.6 is 0 Å². The smallest absolute Gasteiger partial charge is 0.331 e. The zero-order valence-corrected chi connectivity index (χ0v) is 11.9. The van der Waals surface area contributed by atoms with E-state index in [-0.39, 0.29) is 17.4 Å². The third-order valence-electron chi connectivity index (χ3n) is 3.33. The average Bonchev–Trinajstić information content (AvgIpc) is 2.47. The van der Waals surface area contributed by atoms with E-state index in [9.17, 15) is 10.1 Å². The normalized spacial score (nSPS) is 11.9. The van der Waals surface area contributed by atoms with Gasteiger partial charge in [0.05, 0.1) is 4.92 Å². The van der Waals surface area contributed by atoms with Crippen molar-refractivity contribution < 1.29 is 9.66 Å². The van der Waals surface area contributed by atoms with Gasteiger partial charge in [0.2, 0.25) is 0 Å². The van der Waals surface area contributed by atoms with Gasteiger partial charge < -0.3 is 10.5 Å². The molecule has 0 aliphatic carbocycles. The Morgan fingerprint density at radius 3 is 2.52 bits per heavy atom. The number of ether oxygens (including phenoxy) is 1. The molecule has 0 radical (unpaired) electrons. The fourth-order valence-corrected chi connectivity index (χ4v) is 1.87. The van der Waals surface area contributed by atoms with Crippen molar-refractivity contribution in [2.45, 2.75) is 26.2 Å². The third kappa shape index (κ3) is 3.47. The van der Waals surface area contributed by atoms with E-state index < -0.39 is 4.92 Å². The van der Waals surface area contributed by atoms with Crippen LogP contribution in [0.15, 0.2) is 36.4 Å². The molecule has 110 valence electrons. The third-order valence-corrected chi connectivity index (χ3v) is 3.33. The van der Waals surface area contributed by atoms with E-state index in [2.05, 4.69) is 18.8 Å². The van der Waals surface area contributed by atoms with Crippen LogP contribution in [0, 0.1) is 10.1 Å². The van der Waals surface area contributed by atoms with Crippen LogP contribution in [0.5, 0.6) is 11.6 Å². The molecule has 1 aromatic heterocycles. The van der Waals surface area contributed by atoms with E-state index in [1.54, 1.807) is 12.1 Å².